The molecule has 0 aliphatic carbocycles. The van der Waals surface area contributed by atoms with Gasteiger partial charge in [-0.25, -0.2) is 4.79 Å². The minimum Gasteiger partial charge on any atom is -0.480 e. The van der Waals surface area contributed by atoms with E-state index in [-0.39, 0.29) is 25.3 Å². The molecule has 1 aromatic carbocycles. The van der Waals surface area contributed by atoms with Gasteiger partial charge in [-0.05, 0) is 58.6 Å². The molecule has 0 radical (unpaired) electrons. The third-order valence-electron chi connectivity index (χ3n) is 6.52. The zero-order valence-corrected chi connectivity index (χ0v) is 19.2. The lowest BCUT2D eigenvalue weighted by Crippen LogP contribution is -2.57. The largest absolute Gasteiger partial charge is 0.480 e. The van der Waals surface area contributed by atoms with E-state index < -0.39 is 46.9 Å². The number of likely N-dealkylation sites (tertiary alicyclic amines) is 1. The summed E-state index contributed by atoms with van der Waals surface area (Å²) in [6.07, 6.45) is 0.337. The van der Waals surface area contributed by atoms with Crippen LogP contribution in [0, 0.1) is 25.7 Å². The van der Waals surface area contributed by atoms with Crippen LogP contribution in [-0.2, 0) is 14.4 Å². The van der Waals surface area contributed by atoms with Crippen molar-refractivity contribution in [1.29, 1.82) is 0 Å². The Labute approximate surface area is 187 Å². The summed E-state index contributed by atoms with van der Waals surface area (Å²) in [5, 5.41) is 16.0. The summed E-state index contributed by atoms with van der Waals surface area (Å²) in [5.41, 5.74) is 5.40. The summed E-state index contributed by atoms with van der Waals surface area (Å²) in [5.74, 6) is -3.90. The van der Waals surface area contributed by atoms with Crippen LogP contribution in [0.15, 0.2) is 18.2 Å². The fourth-order valence-corrected chi connectivity index (χ4v) is 5.14. The standard InChI is InChI=1S/C23H32N4O5/c1-12-7-8-13(2)14(11-12)17-15-16(19(29)27(18(15)28)22(3,4)5)23(26-17,20(30)31)9-6-10-25-21(24)32/h7-8,11,15-17,26H,6,9-10H2,1-5H3,(H,30,31)(H3,24,25,32). The number of aliphatic carboxylic acids is 1. The monoisotopic (exact) mass is 444 g/mol. The van der Waals surface area contributed by atoms with Gasteiger partial charge in [0.25, 0.3) is 0 Å². The highest BCUT2D eigenvalue weighted by molar-refractivity contribution is 6.10. The SMILES string of the molecule is Cc1ccc(C)c(C2NC(CCCNC(N)=O)(C(=O)O)C3C(=O)N(C(C)(C)C)C(=O)C23)c1. The second kappa shape index (κ2) is 8.20. The van der Waals surface area contributed by atoms with Gasteiger partial charge in [-0.2, -0.15) is 0 Å². The first-order valence-electron chi connectivity index (χ1n) is 10.8. The van der Waals surface area contributed by atoms with Crippen molar-refractivity contribution >= 4 is 23.8 Å². The molecule has 9 heteroatoms. The number of carbonyl (C=O) groups is 4. The van der Waals surface area contributed by atoms with Gasteiger partial charge in [-0.3, -0.25) is 24.6 Å². The topological polar surface area (TPSA) is 142 Å². The number of urea groups is 1. The van der Waals surface area contributed by atoms with Crippen molar-refractivity contribution in [3.63, 3.8) is 0 Å². The maximum absolute atomic E-state index is 13.6. The van der Waals surface area contributed by atoms with Crippen molar-refractivity contribution in [3.8, 4) is 0 Å². The van der Waals surface area contributed by atoms with E-state index in [1.807, 2.05) is 32.0 Å². The number of primary amides is 1. The molecule has 2 aliphatic rings. The third kappa shape index (κ3) is 3.85. The molecule has 4 atom stereocenters. The maximum atomic E-state index is 13.6. The summed E-state index contributed by atoms with van der Waals surface area (Å²) in [6, 6.07) is 4.50. The Bertz CT molecular complexity index is 970. The Hall–Kier alpha value is -2.94. The van der Waals surface area contributed by atoms with E-state index in [1.165, 1.54) is 4.90 Å². The van der Waals surface area contributed by atoms with Gasteiger partial charge in [-0.1, -0.05) is 23.8 Å². The van der Waals surface area contributed by atoms with Crippen molar-refractivity contribution in [2.45, 2.75) is 64.6 Å². The number of rotatable bonds is 6. The number of carboxylic acids is 1. The average molecular weight is 445 g/mol. The lowest BCUT2D eigenvalue weighted by Gasteiger charge is -2.35. The number of carboxylic acid groups (broad SMARTS) is 1. The molecule has 5 N–H and O–H groups in total. The van der Waals surface area contributed by atoms with Gasteiger partial charge in [0.15, 0.2) is 0 Å². The van der Waals surface area contributed by atoms with Gasteiger partial charge in [0.05, 0.1) is 11.8 Å². The number of hydrogen-bond acceptors (Lipinski definition) is 5. The first-order chi connectivity index (χ1) is 14.8. The molecule has 32 heavy (non-hydrogen) atoms. The number of nitrogens with one attached hydrogen (secondary N) is 2. The molecule has 2 aliphatic heterocycles. The van der Waals surface area contributed by atoms with E-state index in [9.17, 15) is 24.3 Å². The number of hydrogen-bond donors (Lipinski definition) is 4. The molecule has 0 bridgehead atoms. The van der Waals surface area contributed by atoms with Crippen molar-refractivity contribution in [3.05, 3.63) is 34.9 Å². The average Bonchev–Trinajstić information content (AvgIpc) is 3.15. The molecule has 1 aromatic rings. The Morgan fingerprint density at radius 2 is 1.88 bits per heavy atom. The van der Waals surface area contributed by atoms with Crippen molar-refractivity contribution in [1.82, 2.24) is 15.5 Å². The van der Waals surface area contributed by atoms with E-state index in [0.717, 1.165) is 16.7 Å². The summed E-state index contributed by atoms with van der Waals surface area (Å²) >= 11 is 0. The lowest BCUT2D eigenvalue weighted by molar-refractivity contribution is -0.154. The van der Waals surface area contributed by atoms with Gasteiger partial charge in [0.1, 0.15) is 5.54 Å². The zero-order valence-electron chi connectivity index (χ0n) is 19.2. The Kier molecular flexibility index (Phi) is 6.08. The van der Waals surface area contributed by atoms with Crippen LogP contribution in [0.3, 0.4) is 0 Å². The van der Waals surface area contributed by atoms with Crippen LogP contribution < -0.4 is 16.4 Å². The first kappa shape index (κ1) is 23.7. The fraction of sp³-hybridized carbons (Fsp3) is 0.565. The smallest absolute Gasteiger partial charge is 0.324 e. The van der Waals surface area contributed by atoms with Crippen LogP contribution in [0.1, 0.15) is 56.3 Å². The second-order valence-electron chi connectivity index (χ2n) is 9.84. The van der Waals surface area contributed by atoms with Crippen LogP contribution in [0.25, 0.3) is 0 Å². The molecule has 2 saturated heterocycles. The summed E-state index contributed by atoms with van der Waals surface area (Å²) in [6.45, 7) is 9.31. The van der Waals surface area contributed by atoms with E-state index >= 15 is 0 Å². The van der Waals surface area contributed by atoms with Crippen LogP contribution in [0.2, 0.25) is 0 Å². The van der Waals surface area contributed by atoms with E-state index in [1.54, 1.807) is 20.8 Å². The highest BCUT2D eigenvalue weighted by atomic mass is 16.4. The van der Waals surface area contributed by atoms with Crippen LogP contribution in [0.4, 0.5) is 4.79 Å². The van der Waals surface area contributed by atoms with Crippen LogP contribution >= 0.6 is 0 Å². The van der Waals surface area contributed by atoms with Gasteiger partial charge >= 0.3 is 12.0 Å². The number of fused-ring (bicyclic) bond motifs is 1. The van der Waals surface area contributed by atoms with E-state index in [4.69, 9.17) is 5.73 Å². The van der Waals surface area contributed by atoms with Crippen molar-refractivity contribution < 1.29 is 24.3 Å². The van der Waals surface area contributed by atoms with E-state index in [2.05, 4.69) is 10.6 Å². The highest BCUT2D eigenvalue weighted by Gasteiger charge is 2.69. The van der Waals surface area contributed by atoms with Crippen molar-refractivity contribution in [2.24, 2.45) is 17.6 Å². The molecule has 0 aromatic heterocycles. The maximum Gasteiger partial charge on any atom is 0.324 e. The Morgan fingerprint density at radius 3 is 2.44 bits per heavy atom. The van der Waals surface area contributed by atoms with Gasteiger partial charge < -0.3 is 16.2 Å². The minimum atomic E-state index is -1.64. The van der Waals surface area contributed by atoms with Gasteiger partial charge in [0.2, 0.25) is 11.8 Å². The molecule has 4 unspecified atom stereocenters. The zero-order chi connectivity index (χ0) is 24.0. The summed E-state index contributed by atoms with van der Waals surface area (Å²) in [7, 11) is 0. The third-order valence-corrected chi connectivity index (χ3v) is 6.52. The molecular formula is C23H32N4O5. The second-order valence-corrected chi connectivity index (χ2v) is 9.84. The molecule has 4 amide bonds. The number of benzene rings is 1. The molecular weight excluding hydrogens is 412 g/mol. The Morgan fingerprint density at radius 1 is 1.22 bits per heavy atom. The van der Waals surface area contributed by atoms with E-state index in [0.29, 0.717) is 0 Å². The van der Waals surface area contributed by atoms with Gasteiger partial charge in [-0.15, -0.1) is 0 Å². The van der Waals surface area contributed by atoms with Crippen LogP contribution in [0.5, 0.6) is 0 Å². The predicted octanol–water partition coefficient (Wildman–Crippen LogP) is 1.62. The predicted molar refractivity (Wildman–Crippen MR) is 118 cm³/mol. The quantitative estimate of drug-likeness (QED) is 0.388. The van der Waals surface area contributed by atoms with Gasteiger partial charge in [0, 0.05) is 18.1 Å². The molecule has 0 spiro atoms. The number of aryl methyl sites for hydroxylation is 2. The number of carbonyl (C=O) groups excluding carboxylic acids is 3. The number of nitrogens with zero attached hydrogens (tertiary/aromatic N) is 1. The molecule has 174 valence electrons. The molecule has 0 saturated carbocycles. The number of imide groups is 1. The lowest BCUT2D eigenvalue weighted by atomic mass is 9.76. The normalized spacial score (nSPS) is 27.5. The highest BCUT2D eigenvalue weighted by Crippen LogP contribution is 2.52. The van der Waals surface area contributed by atoms with Crippen molar-refractivity contribution in [2.75, 3.05) is 6.54 Å². The molecule has 9 nitrogen and oxygen atoms in total. The number of nitrogens with two attached hydrogens (primary N) is 1. The molecule has 2 heterocycles. The summed E-state index contributed by atoms with van der Waals surface area (Å²) < 4.78 is 0. The minimum absolute atomic E-state index is 0.0577. The Balaban J connectivity index is 2.11. The number of amides is 4. The molecule has 2 fully saturated rings. The molecule has 3 rings (SSSR count). The first-order valence-corrected chi connectivity index (χ1v) is 10.8. The summed E-state index contributed by atoms with van der Waals surface area (Å²) in [4.78, 5) is 52.0. The van der Waals surface area contributed by atoms with Crippen LogP contribution in [-0.4, -0.2) is 51.4 Å². The fourth-order valence-electron chi connectivity index (χ4n) is 5.14.